The van der Waals surface area contributed by atoms with Crippen molar-refractivity contribution in [3.05, 3.63) is 53.2 Å². The molecule has 2 N–H and O–H groups in total. The average molecular weight is 262 g/mol. The van der Waals surface area contributed by atoms with Crippen LogP contribution in [0.25, 0.3) is 0 Å². The van der Waals surface area contributed by atoms with Crippen LogP contribution < -0.4 is 10.6 Å². The van der Waals surface area contributed by atoms with E-state index in [0.29, 0.717) is 22.1 Å². The van der Waals surface area contributed by atoms with E-state index < -0.39 is 0 Å². The maximum atomic E-state index is 12.2. The van der Waals surface area contributed by atoms with Gasteiger partial charge in [-0.15, -0.1) is 0 Å². The summed E-state index contributed by atoms with van der Waals surface area (Å²) in [4.78, 5) is 17.8. The highest BCUT2D eigenvalue weighted by Gasteiger charge is 2.16. The Hall–Kier alpha value is -2.07. The zero-order valence-electron chi connectivity index (χ0n) is 9.80. The molecule has 0 aliphatic carbocycles. The summed E-state index contributed by atoms with van der Waals surface area (Å²) in [6.07, 6.45) is 1.63. The third-order valence-corrected chi connectivity index (χ3v) is 2.78. The minimum atomic E-state index is -0.220. The fourth-order valence-electron chi connectivity index (χ4n) is 1.57. The van der Waals surface area contributed by atoms with Crippen molar-refractivity contribution in [2.45, 2.75) is 0 Å². The minimum Gasteiger partial charge on any atom is -0.398 e. The molecule has 0 saturated heterocycles. The van der Waals surface area contributed by atoms with E-state index in [2.05, 4.69) is 4.98 Å². The van der Waals surface area contributed by atoms with Crippen molar-refractivity contribution < 1.29 is 4.79 Å². The number of anilines is 2. The third-order valence-electron chi connectivity index (χ3n) is 2.54. The van der Waals surface area contributed by atoms with Gasteiger partial charge in [0.1, 0.15) is 5.82 Å². The van der Waals surface area contributed by atoms with Crippen LogP contribution in [-0.4, -0.2) is 17.9 Å². The van der Waals surface area contributed by atoms with E-state index in [1.165, 1.54) is 4.90 Å². The van der Waals surface area contributed by atoms with Gasteiger partial charge in [-0.3, -0.25) is 9.69 Å². The van der Waals surface area contributed by atoms with Crippen molar-refractivity contribution in [1.29, 1.82) is 0 Å². The van der Waals surface area contributed by atoms with Gasteiger partial charge in [0.2, 0.25) is 0 Å². The number of halogens is 1. The van der Waals surface area contributed by atoms with Crippen molar-refractivity contribution in [2.24, 2.45) is 0 Å². The summed E-state index contributed by atoms with van der Waals surface area (Å²) in [6.45, 7) is 0. The first-order chi connectivity index (χ1) is 8.59. The molecule has 0 atom stereocenters. The molecule has 1 amide bonds. The van der Waals surface area contributed by atoms with E-state index in [-0.39, 0.29) is 5.91 Å². The molecule has 0 fully saturated rings. The number of carbonyl (C=O) groups excluding carboxylic acids is 1. The lowest BCUT2D eigenvalue weighted by Gasteiger charge is -2.17. The number of rotatable bonds is 2. The zero-order chi connectivity index (χ0) is 13.1. The molecule has 0 radical (unpaired) electrons. The Balaban J connectivity index is 2.32. The maximum Gasteiger partial charge on any atom is 0.261 e. The third kappa shape index (κ3) is 2.43. The van der Waals surface area contributed by atoms with Crippen molar-refractivity contribution in [3.8, 4) is 0 Å². The fourth-order valence-corrected chi connectivity index (χ4v) is 1.75. The highest BCUT2D eigenvalue weighted by molar-refractivity contribution is 6.31. The number of hydrogen-bond acceptors (Lipinski definition) is 3. The van der Waals surface area contributed by atoms with Gasteiger partial charge in [-0.05, 0) is 30.3 Å². The van der Waals surface area contributed by atoms with Crippen LogP contribution in [0.3, 0.4) is 0 Å². The molecule has 18 heavy (non-hydrogen) atoms. The van der Waals surface area contributed by atoms with Gasteiger partial charge < -0.3 is 5.73 Å². The Morgan fingerprint density at radius 1 is 1.33 bits per heavy atom. The number of benzene rings is 1. The number of hydrogen-bond donors (Lipinski definition) is 1. The average Bonchev–Trinajstić information content (AvgIpc) is 2.38. The first-order valence-electron chi connectivity index (χ1n) is 5.33. The number of aromatic nitrogens is 1. The SMILES string of the molecule is CN(C(=O)c1ccc(Cl)cc1N)c1ccccn1. The van der Waals surface area contributed by atoms with Gasteiger partial charge >= 0.3 is 0 Å². The summed E-state index contributed by atoms with van der Waals surface area (Å²) in [5.74, 6) is 0.347. The van der Waals surface area contributed by atoms with E-state index in [1.807, 2.05) is 6.07 Å². The van der Waals surface area contributed by atoms with Gasteiger partial charge in [0, 0.05) is 24.0 Å². The van der Waals surface area contributed by atoms with E-state index in [9.17, 15) is 4.79 Å². The molecule has 5 heteroatoms. The number of amides is 1. The molecular formula is C13H12ClN3O. The molecule has 0 spiro atoms. The molecule has 2 aromatic rings. The molecule has 0 aliphatic rings. The predicted octanol–water partition coefficient (Wildman–Crippen LogP) is 2.59. The van der Waals surface area contributed by atoms with Crippen molar-refractivity contribution in [3.63, 3.8) is 0 Å². The Morgan fingerprint density at radius 2 is 2.11 bits per heavy atom. The summed E-state index contributed by atoms with van der Waals surface area (Å²) in [5.41, 5.74) is 6.55. The summed E-state index contributed by atoms with van der Waals surface area (Å²) in [7, 11) is 1.65. The smallest absolute Gasteiger partial charge is 0.261 e. The normalized spacial score (nSPS) is 10.1. The highest BCUT2D eigenvalue weighted by Crippen LogP contribution is 2.20. The Kier molecular flexibility index (Phi) is 3.48. The predicted molar refractivity (Wildman–Crippen MR) is 72.8 cm³/mol. The fraction of sp³-hybridized carbons (Fsp3) is 0.0769. The first kappa shape index (κ1) is 12.4. The van der Waals surface area contributed by atoms with Crippen LogP contribution in [0.4, 0.5) is 11.5 Å². The quantitative estimate of drug-likeness (QED) is 0.846. The Morgan fingerprint density at radius 3 is 2.72 bits per heavy atom. The molecule has 1 aromatic carbocycles. The van der Waals surface area contributed by atoms with Gasteiger partial charge in [0.05, 0.1) is 5.56 Å². The maximum absolute atomic E-state index is 12.2. The van der Waals surface area contributed by atoms with Crippen molar-refractivity contribution in [1.82, 2.24) is 4.98 Å². The lowest BCUT2D eigenvalue weighted by Crippen LogP contribution is -2.27. The van der Waals surface area contributed by atoms with Crippen LogP contribution in [0.5, 0.6) is 0 Å². The zero-order valence-corrected chi connectivity index (χ0v) is 10.6. The lowest BCUT2D eigenvalue weighted by atomic mass is 10.1. The Labute approximate surface area is 110 Å². The largest absolute Gasteiger partial charge is 0.398 e. The topological polar surface area (TPSA) is 59.2 Å². The second-order valence-corrected chi connectivity index (χ2v) is 4.22. The second kappa shape index (κ2) is 5.06. The summed E-state index contributed by atoms with van der Waals surface area (Å²) in [5, 5.41) is 0.504. The van der Waals surface area contributed by atoms with E-state index >= 15 is 0 Å². The highest BCUT2D eigenvalue weighted by atomic mass is 35.5. The van der Waals surface area contributed by atoms with Gasteiger partial charge in [0.15, 0.2) is 0 Å². The summed E-state index contributed by atoms with van der Waals surface area (Å²) in [6, 6.07) is 10.2. The molecule has 0 aliphatic heterocycles. The Bertz CT molecular complexity index is 572. The number of carbonyl (C=O) groups is 1. The summed E-state index contributed by atoms with van der Waals surface area (Å²) < 4.78 is 0. The molecule has 0 bridgehead atoms. The van der Waals surface area contributed by atoms with Crippen molar-refractivity contribution >= 4 is 29.0 Å². The molecule has 92 valence electrons. The van der Waals surface area contributed by atoms with Crippen LogP contribution in [-0.2, 0) is 0 Å². The molecule has 0 saturated carbocycles. The van der Waals surface area contributed by atoms with Crippen LogP contribution >= 0.6 is 11.6 Å². The van der Waals surface area contributed by atoms with Gasteiger partial charge in [-0.25, -0.2) is 4.98 Å². The van der Waals surface area contributed by atoms with Crippen molar-refractivity contribution in [2.75, 3.05) is 17.7 Å². The van der Waals surface area contributed by atoms with Crippen LogP contribution in [0.1, 0.15) is 10.4 Å². The molecular weight excluding hydrogens is 250 g/mol. The molecule has 2 rings (SSSR count). The standard InChI is InChI=1S/C13H12ClN3O/c1-17(12-4-2-3-7-16-12)13(18)10-6-5-9(14)8-11(10)15/h2-8H,15H2,1H3. The number of nitrogens with zero attached hydrogens (tertiary/aromatic N) is 2. The van der Waals surface area contributed by atoms with Gasteiger partial charge in [-0.1, -0.05) is 17.7 Å². The summed E-state index contributed by atoms with van der Waals surface area (Å²) >= 11 is 5.80. The molecule has 1 heterocycles. The first-order valence-corrected chi connectivity index (χ1v) is 5.71. The van der Waals surface area contributed by atoms with Crippen LogP contribution in [0.2, 0.25) is 5.02 Å². The van der Waals surface area contributed by atoms with E-state index in [0.717, 1.165) is 0 Å². The van der Waals surface area contributed by atoms with Gasteiger partial charge in [0.25, 0.3) is 5.91 Å². The lowest BCUT2D eigenvalue weighted by molar-refractivity contribution is 0.0993. The van der Waals surface area contributed by atoms with E-state index in [4.69, 9.17) is 17.3 Å². The monoisotopic (exact) mass is 261 g/mol. The molecule has 4 nitrogen and oxygen atoms in total. The van der Waals surface area contributed by atoms with Crippen LogP contribution in [0.15, 0.2) is 42.6 Å². The van der Waals surface area contributed by atoms with Gasteiger partial charge in [-0.2, -0.15) is 0 Å². The van der Waals surface area contributed by atoms with Crippen LogP contribution in [0, 0.1) is 0 Å². The molecule has 0 unspecified atom stereocenters. The number of nitrogens with two attached hydrogens (primary N) is 1. The minimum absolute atomic E-state index is 0.220. The number of pyridine rings is 1. The number of nitrogen functional groups attached to an aromatic ring is 1. The second-order valence-electron chi connectivity index (χ2n) is 3.78. The van der Waals surface area contributed by atoms with E-state index in [1.54, 1.807) is 43.6 Å². The molecule has 1 aromatic heterocycles.